The third kappa shape index (κ3) is 5.43. The van der Waals surface area contributed by atoms with Crippen LogP contribution >= 0.6 is 0 Å². The second kappa shape index (κ2) is 8.98. The summed E-state index contributed by atoms with van der Waals surface area (Å²) < 4.78 is 5.55. The van der Waals surface area contributed by atoms with E-state index >= 15 is 0 Å². The van der Waals surface area contributed by atoms with Gasteiger partial charge in [-0.2, -0.15) is 0 Å². The lowest BCUT2D eigenvalue weighted by Crippen LogP contribution is -2.43. The van der Waals surface area contributed by atoms with Gasteiger partial charge in [-0.1, -0.05) is 24.3 Å². The van der Waals surface area contributed by atoms with Gasteiger partial charge in [-0.25, -0.2) is 0 Å². The molecule has 1 N–H and O–H groups in total. The number of carbonyl (C=O) groups is 2. The highest BCUT2D eigenvalue weighted by Gasteiger charge is 2.26. The van der Waals surface area contributed by atoms with Crippen LogP contribution in [0.25, 0.3) is 0 Å². The van der Waals surface area contributed by atoms with Gasteiger partial charge in [0, 0.05) is 25.6 Å². The Morgan fingerprint density at radius 3 is 2.61 bits per heavy atom. The summed E-state index contributed by atoms with van der Waals surface area (Å²) in [4.78, 5) is 25.9. The minimum atomic E-state index is -0.000399. The molecule has 0 aliphatic carbocycles. The molecule has 1 heterocycles. The highest BCUT2D eigenvalue weighted by atomic mass is 16.5. The molecule has 0 radical (unpaired) electrons. The molecule has 0 spiro atoms. The summed E-state index contributed by atoms with van der Waals surface area (Å²) in [6.07, 6.45) is 3.47. The smallest absolute Gasteiger partial charge is 0.225 e. The van der Waals surface area contributed by atoms with E-state index < -0.39 is 0 Å². The van der Waals surface area contributed by atoms with Crippen molar-refractivity contribution in [2.24, 2.45) is 5.92 Å². The average molecular weight is 316 g/mol. The van der Waals surface area contributed by atoms with E-state index in [1.54, 1.807) is 6.08 Å². The van der Waals surface area contributed by atoms with Crippen LogP contribution in [0.3, 0.4) is 0 Å². The van der Waals surface area contributed by atoms with E-state index in [0.717, 1.165) is 5.75 Å². The van der Waals surface area contributed by atoms with Gasteiger partial charge >= 0.3 is 0 Å². The number of nitrogens with zero attached hydrogens (tertiary/aromatic N) is 1. The number of carbonyl (C=O) groups excluding carboxylic acids is 2. The number of nitrogens with one attached hydrogen (secondary N) is 1. The first kappa shape index (κ1) is 17.1. The van der Waals surface area contributed by atoms with Crippen LogP contribution in [-0.4, -0.2) is 43.0 Å². The van der Waals surface area contributed by atoms with Crippen LogP contribution < -0.4 is 10.1 Å². The fourth-order valence-electron chi connectivity index (χ4n) is 2.64. The van der Waals surface area contributed by atoms with Gasteiger partial charge in [0.05, 0.1) is 13.0 Å². The Kier molecular flexibility index (Phi) is 6.66. The van der Waals surface area contributed by atoms with Gasteiger partial charge < -0.3 is 15.0 Å². The molecule has 2 amide bonds. The Morgan fingerprint density at radius 1 is 1.26 bits per heavy atom. The zero-order chi connectivity index (χ0) is 16.5. The maximum absolute atomic E-state index is 12.2. The third-order valence-electron chi connectivity index (χ3n) is 3.97. The monoisotopic (exact) mass is 316 g/mol. The molecule has 1 saturated heterocycles. The molecule has 5 nitrogen and oxygen atoms in total. The summed E-state index contributed by atoms with van der Waals surface area (Å²) in [5.41, 5.74) is 0. The first-order chi connectivity index (χ1) is 11.2. The lowest BCUT2D eigenvalue weighted by atomic mass is 9.95. The molecule has 1 aliphatic rings. The Hall–Kier alpha value is -2.30. The van der Waals surface area contributed by atoms with Gasteiger partial charge in [0.15, 0.2) is 0 Å². The second-order valence-corrected chi connectivity index (χ2v) is 5.60. The molecule has 1 aromatic rings. The molecule has 1 fully saturated rings. The van der Waals surface area contributed by atoms with Crippen LogP contribution in [0.1, 0.15) is 19.3 Å². The lowest BCUT2D eigenvalue weighted by Gasteiger charge is -2.31. The van der Waals surface area contributed by atoms with Crippen molar-refractivity contribution < 1.29 is 14.3 Å². The van der Waals surface area contributed by atoms with E-state index in [1.807, 2.05) is 35.2 Å². The van der Waals surface area contributed by atoms with Gasteiger partial charge in [-0.3, -0.25) is 9.59 Å². The Labute approximate surface area is 137 Å². The largest absolute Gasteiger partial charge is 0.493 e. The lowest BCUT2D eigenvalue weighted by molar-refractivity contribution is -0.136. The quantitative estimate of drug-likeness (QED) is 0.783. The zero-order valence-electron chi connectivity index (χ0n) is 13.4. The number of rotatable bonds is 7. The molecule has 2 rings (SSSR count). The van der Waals surface area contributed by atoms with E-state index in [-0.39, 0.29) is 17.7 Å². The van der Waals surface area contributed by atoms with Crippen molar-refractivity contribution in [2.45, 2.75) is 19.3 Å². The molecular formula is C18H24N2O3. The average Bonchev–Trinajstić information content (AvgIpc) is 2.60. The number of amides is 2. The zero-order valence-corrected chi connectivity index (χ0v) is 13.4. The van der Waals surface area contributed by atoms with Crippen LogP contribution in [0.4, 0.5) is 0 Å². The summed E-state index contributed by atoms with van der Waals surface area (Å²) in [5.74, 6) is 0.924. The first-order valence-corrected chi connectivity index (χ1v) is 8.05. The van der Waals surface area contributed by atoms with Gasteiger partial charge in [0.2, 0.25) is 11.8 Å². The van der Waals surface area contributed by atoms with E-state index in [2.05, 4.69) is 11.9 Å². The van der Waals surface area contributed by atoms with Crippen LogP contribution in [0.15, 0.2) is 43.0 Å². The summed E-state index contributed by atoms with van der Waals surface area (Å²) in [5, 5.41) is 2.82. The van der Waals surface area contributed by atoms with Gasteiger partial charge in [0.1, 0.15) is 5.75 Å². The van der Waals surface area contributed by atoms with Crippen molar-refractivity contribution >= 4 is 11.8 Å². The molecule has 0 saturated carbocycles. The van der Waals surface area contributed by atoms with Gasteiger partial charge in [-0.05, 0) is 25.0 Å². The van der Waals surface area contributed by atoms with Crippen LogP contribution in [-0.2, 0) is 9.59 Å². The summed E-state index contributed by atoms with van der Waals surface area (Å²) in [6, 6.07) is 9.47. The van der Waals surface area contributed by atoms with Crippen molar-refractivity contribution in [1.29, 1.82) is 0 Å². The minimum absolute atomic E-state index is 0.000399. The second-order valence-electron chi connectivity index (χ2n) is 5.60. The van der Waals surface area contributed by atoms with Crippen LogP contribution in [0, 0.1) is 5.92 Å². The third-order valence-corrected chi connectivity index (χ3v) is 3.97. The number of hydrogen-bond acceptors (Lipinski definition) is 3. The van der Waals surface area contributed by atoms with Crippen LogP contribution in [0.2, 0.25) is 0 Å². The van der Waals surface area contributed by atoms with Crippen molar-refractivity contribution in [1.82, 2.24) is 10.2 Å². The molecule has 23 heavy (non-hydrogen) atoms. The van der Waals surface area contributed by atoms with Gasteiger partial charge in [0.25, 0.3) is 0 Å². The van der Waals surface area contributed by atoms with Crippen LogP contribution in [0.5, 0.6) is 5.75 Å². The van der Waals surface area contributed by atoms with E-state index in [0.29, 0.717) is 45.5 Å². The molecule has 124 valence electrons. The normalized spacial score (nSPS) is 15.0. The fraction of sp³-hybridized carbons (Fsp3) is 0.444. The molecule has 5 heteroatoms. The SMILES string of the molecule is C=CCNC(=O)C1CCN(C(=O)CCOc2ccccc2)CC1. The number of benzene rings is 1. The first-order valence-electron chi connectivity index (χ1n) is 8.05. The van der Waals surface area contributed by atoms with Crippen molar-refractivity contribution in [3.8, 4) is 5.75 Å². The number of piperidine rings is 1. The topological polar surface area (TPSA) is 58.6 Å². The van der Waals surface area contributed by atoms with E-state index in [4.69, 9.17) is 4.74 Å². The number of likely N-dealkylation sites (tertiary alicyclic amines) is 1. The van der Waals surface area contributed by atoms with Crippen molar-refractivity contribution in [3.05, 3.63) is 43.0 Å². The molecule has 0 aromatic heterocycles. The highest BCUT2D eigenvalue weighted by molar-refractivity contribution is 5.80. The Morgan fingerprint density at radius 2 is 1.96 bits per heavy atom. The summed E-state index contributed by atoms with van der Waals surface area (Å²) in [7, 11) is 0. The molecule has 0 atom stereocenters. The fourth-order valence-corrected chi connectivity index (χ4v) is 2.64. The Balaban J connectivity index is 1.67. The predicted molar refractivity (Wildman–Crippen MR) is 89.1 cm³/mol. The standard InChI is InChI=1S/C18H24N2O3/c1-2-11-19-18(22)15-8-12-20(13-9-15)17(21)10-14-23-16-6-4-3-5-7-16/h2-7,15H,1,8-14H2,(H,19,22). The Bertz CT molecular complexity index is 522. The summed E-state index contributed by atoms with van der Waals surface area (Å²) >= 11 is 0. The van der Waals surface area contributed by atoms with Crippen molar-refractivity contribution in [3.63, 3.8) is 0 Å². The number of ether oxygens (including phenoxy) is 1. The predicted octanol–water partition coefficient (Wildman–Crippen LogP) is 2.00. The molecule has 0 unspecified atom stereocenters. The number of para-hydroxylation sites is 1. The molecular weight excluding hydrogens is 292 g/mol. The molecule has 0 bridgehead atoms. The minimum Gasteiger partial charge on any atom is -0.493 e. The highest BCUT2D eigenvalue weighted by Crippen LogP contribution is 2.18. The molecule has 1 aromatic carbocycles. The maximum atomic E-state index is 12.2. The van der Waals surface area contributed by atoms with Crippen molar-refractivity contribution in [2.75, 3.05) is 26.2 Å². The van der Waals surface area contributed by atoms with E-state index in [1.165, 1.54) is 0 Å². The van der Waals surface area contributed by atoms with Gasteiger partial charge in [-0.15, -0.1) is 6.58 Å². The maximum Gasteiger partial charge on any atom is 0.225 e. The number of hydrogen-bond donors (Lipinski definition) is 1. The van der Waals surface area contributed by atoms with E-state index in [9.17, 15) is 9.59 Å². The summed E-state index contributed by atoms with van der Waals surface area (Å²) in [6.45, 7) is 5.73. The molecule has 1 aliphatic heterocycles.